The van der Waals surface area contributed by atoms with Crippen molar-refractivity contribution in [2.24, 2.45) is 0 Å². The van der Waals surface area contributed by atoms with Crippen LogP contribution >= 0.6 is 0 Å². The molecule has 2 N–H and O–H groups in total. The van der Waals surface area contributed by atoms with Gasteiger partial charge >= 0.3 is 11.3 Å². The zero-order chi connectivity index (χ0) is 28.0. The molecule has 40 heavy (non-hydrogen) atoms. The number of fused-ring (bicyclic) bond motifs is 2. The average Bonchev–Trinajstić information content (AvgIpc) is 2.93. The largest absolute Gasteiger partial charge is 0.507 e. The van der Waals surface area contributed by atoms with Gasteiger partial charge in [-0.1, -0.05) is 42.5 Å². The Bertz CT molecular complexity index is 1900. The van der Waals surface area contributed by atoms with Gasteiger partial charge in [0.05, 0.1) is 27.8 Å². The molecule has 4 aromatic carbocycles. The van der Waals surface area contributed by atoms with Crippen LogP contribution in [0.25, 0.3) is 21.9 Å². The van der Waals surface area contributed by atoms with Gasteiger partial charge in [0, 0.05) is 0 Å². The van der Waals surface area contributed by atoms with Crippen molar-refractivity contribution in [2.75, 3.05) is 0 Å². The number of benzene rings is 4. The third kappa shape index (κ3) is 4.37. The van der Waals surface area contributed by atoms with E-state index in [1.807, 2.05) is 44.2 Å². The minimum absolute atomic E-state index is 0.192. The van der Waals surface area contributed by atoms with Crippen LogP contribution in [-0.4, -0.2) is 10.2 Å². The first kappa shape index (κ1) is 25.0. The fraction of sp³-hybridized carbons (Fsp3) is 0.0909. The summed E-state index contributed by atoms with van der Waals surface area (Å²) in [5.41, 5.74) is 0.477. The van der Waals surface area contributed by atoms with Gasteiger partial charge in [-0.2, -0.15) is 0 Å². The van der Waals surface area contributed by atoms with Crippen LogP contribution in [0, 0.1) is 13.8 Å². The van der Waals surface area contributed by atoms with Crippen LogP contribution in [0.5, 0.6) is 23.0 Å². The highest BCUT2D eigenvalue weighted by Crippen LogP contribution is 2.42. The third-order valence-electron chi connectivity index (χ3n) is 6.91. The molecule has 6 aromatic rings. The summed E-state index contributed by atoms with van der Waals surface area (Å²) >= 11 is 0. The highest BCUT2D eigenvalue weighted by atomic mass is 16.5. The molecule has 0 radical (unpaired) electrons. The topological polar surface area (TPSA) is 110 Å². The van der Waals surface area contributed by atoms with E-state index < -0.39 is 17.2 Å². The van der Waals surface area contributed by atoms with Crippen molar-refractivity contribution in [2.45, 2.75) is 19.8 Å². The number of rotatable bonds is 5. The maximum absolute atomic E-state index is 13.4. The van der Waals surface area contributed by atoms with Crippen LogP contribution in [-0.2, 0) is 0 Å². The van der Waals surface area contributed by atoms with E-state index in [9.17, 15) is 19.8 Å². The maximum atomic E-state index is 13.4. The Morgan fingerprint density at radius 2 is 1.10 bits per heavy atom. The van der Waals surface area contributed by atoms with Crippen molar-refractivity contribution in [1.82, 2.24) is 0 Å². The Morgan fingerprint density at radius 1 is 0.625 bits per heavy atom. The molecule has 0 bridgehead atoms. The first-order valence-corrected chi connectivity index (χ1v) is 12.7. The van der Waals surface area contributed by atoms with Gasteiger partial charge in [0.15, 0.2) is 0 Å². The molecule has 7 heteroatoms. The van der Waals surface area contributed by atoms with E-state index in [0.717, 1.165) is 11.1 Å². The fourth-order valence-electron chi connectivity index (χ4n) is 4.95. The molecular weight excluding hydrogens is 508 g/mol. The molecule has 0 aliphatic heterocycles. The third-order valence-corrected chi connectivity index (χ3v) is 6.91. The molecular formula is C33H24O7. The summed E-state index contributed by atoms with van der Waals surface area (Å²) in [7, 11) is 0. The van der Waals surface area contributed by atoms with Gasteiger partial charge < -0.3 is 23.8 Å². The number of para-hydroxylation sites is 1. The minimum Gasteiger partial charge on any atom is -0.507 e. The second kappa shape index (κ2) is 9.78. The number of aromatic hydroxyl groups is 2. The van der Waals surface area contributed by atoms with Crippen molar-refractivity contribution in [3.05, 3.63) is 140 Å². The van der Waals surface area contributed by atoms with Crippen LogP contribution in [0.2, 0.25) is 0 Å². The van der Waals surface area contributed by atoms with Gasteiger partial charge in [0.25, 0.3) is 0 Å². The normalized spacial score (nSPS) is 11.4. The fourth-order valence-corrected chi connectivity index (χ4v) is 4.95. The summed E-state index contributed by atoms with van der Waals surface area (Å²) in [5.74, 6) is -0.746. The zero-order valence-corrected chi connectivity index (χ0v) is 21.7. The van der Waals surface area contributed by atoms with E-state index in [4.69, 9.17) is 13.6 Å². The standard InChI is InChI=1S/C33H24O7/c1-18-8-14-23-25(16-18)39-32(36)28(30(23)34)27(20-10-12-22(13-11-20)38-21-6-4-3-5-7-21)29-31(35)24-15-9-19(2)17-26(24)40-33(29)37/h3-17,27,34-35H,1-2H3. The van der Waals surface area contributed by atoms with Crippen molar-refractivity contribution in [1.29, 1.82) is 0 Å². The molecule has 2 aromatic heterocycles. The van der Waals surface area contributed by atoms with Crippen LogP contribution in [0.15, 0.2) is 109 Å². The second-order valence-electron chi connectivity index (χ2n) is 9.72. The quantitative estimate of drug-likeness (QED) is 0.232. The summed E-state index contributed by atoms with van der Waals surface area (Å²) in [6.45, 7) is 3.68. The molecule has 0 atom stereocenters. The SMILES string of the molecule is Cc1ccc2c(O)c(C(c3ccc(Oc4ccccc4)cc3)c3c(O)c4ccc(C)cc4oc3=O)c(=O)oc2c1. The molecule has 0 saturated carbocycles. The lowest BCUT2D eigenvalue weighted by molar-refractivity contribution is 0.441. The van der Waals surface area contributed by atoms with Crippen LogP contribution in [0.1, 0.15) is 33.7 Å². The Balaban J connectivity index is 1.59. The Kier molecular flexibility index (Phi) is 6.11. The van der Waals surface area contributed by atoms with E-state index in [1.54, 1.807) is 60.7 Å². The maximum Gasteiger partial charge on any atom is 0.344 e. The van der Waals surface area contributed by atoms with Gasteiger partial charge in [-0.05, 0) is 79.1 Å². The highest BCUT2D eigenvalue weighted by molar-refractivity contribution is 5.87. The number of hydrogen-bond donors (Lipinski definition) is 2. The number of aryl methyl sites for hydroxylation is 2. The van der Waals surface area contributed by atoms with Crippen LogP contribution in [0.3, 0.4) is 0 Å². The van der Waals surface area contributed by atoms with Crippen molar-refractivity contribution in [3.8, 4) is 23.0 Å². The zero-order valence-electron chi connectivity index (χ0n) is 21.7. The Labute approximate surface area is 228 Å². The predicted octanol–water partition coefficient (Wildman–Crippen LogP) is 6.90. The predicted molar refractivity (Wildman–Crippen MR) is 152 cm³/mol. The first-order chi connectivity index (χ1) is 19.3. The van der Waals surface area contributed by atoms with Gasteiger partial charge in [-0.3, -0.25) is 0 Å². The van der Waals surface area contributed by atoms with E-state index in [0.29, 0.717) is 27.8 Å². The van der Waals surface area contributed by atoms with E-state index >= 15 is 0 Å². The number of ether oxygens (including phenoxy) is 1. The molecule has 0 unspecified atom stereocenters. The lowest BCUT2D eigenvalue weighted by atomic mass is 9.84. The van der Waals surface area contributed by atoms with Crippen LogP contribution in [0.4, 0.5) is 0 Å². The van der Waals surface area contributed by atoms with Crippen molar-refractivity contribution in [3.63, 3.8) is 0 Å². The van der Waals surface area contributed by atoms with Crippen molar-refractivity contribution >= 4 is 21.9 Å². The minimum atomic E-state index is -1.21. The number of hydrogen-bond acceptors (Lipinski definition) is 7. The Morgan fingerprint density at radius 3 is 1.60 bits per heavy atom. The molecule has 0 amide bonds. The molecule has 7 nitrogen and oxygen atoms in total. The average molecular weight is 533 g/mol. The molecule has 198 valence electrons. The highest BCUT2D eigenvalue weighted by Gasteiger charge is 2.32. The summed E-state index contributed by atoms with van der Waals surface area (Å²) in [4.78, 5) is 26.9. The van der Waals surface area contributed by atoms with Gasteiger partial charge in [0.1, 0.15) is 34.2 Å². The van der Waals surface area contributed by atoms with Crippen molar-refractivity contribution < 1.29 is 23.8 Å². The van der Waals surface area contributed by atoms with E-state index in [1.165, 1.54) is 0 Å². The van der Waals surface area contributed by atoms with Gasteiger partial charge in [0.2, 0.25) is 0 Å². The summed E-state index contributed by atoms with van der Waals surface area (Å²) in [6.07, 6.45) is 0. The Hall–Kier alpha value is -5.30. The first-order valence-electron chi connectivity index (χ1n) is 12.7. The molecule has 0 fully saturated rings. The van der Waals surface area contributed by atoms with E-state index in [-0.39, 0.29) is 33.8 Å². The monoisotopic (exact) mass is 532 g/mol. The molecule has 2 heterocycles. The lowest BCUT2D eigenvalue weighted by Gasteiger charge is -2.20. The van der Waals surface area contributed by atoms with Gasteiger partial charge in [-0.25, -0.2) is 9.59 Å². The summed E-state index contributed by atoms with van der Waals surface area (Å²) in [6, 6.07) is 26.1. The summed E-state index contributed by atoms with van der Waals surface area (Å²) < 4.78 is 17.1. The molecule has 0 aliphatic carbocycles. The van der Waals surface area contributed by atoms with Crippen LogP contribution < -0.4 is 16.0 Å². The summed E-state index contributed by atoms with van der Waals surface area (Å²) in [5, 5.41) is 23.4. The molecule has 6 rings (SSSR count). The van der Waals surface area contributed by atoms with E-state index in [2.05, 4.69) is 0 Å². The second-order valence-corrected chi connectivity index (χ2v) is 9.72. The smallest absolute Gasteiger partial charge is 0.344 e. The molecule has 0 aliphatic rings. The molecule has 0 saturated heterocycles. The van der Waals surface area contributed by atoms with Gasteiger partial charge in [-0.15, -0.1) is 0 Å². The molecule has 0 spiro atoms. The lowest BCUT2D eigenvalue weighted by Crippen LogP contribution is -2.21.